The molecule has 1 heterocycles. The summed E-state index contributed by atoms with van der Waals surface area (Å²) in [7, 11) is 0. The summed E-state index contributed by atoms with van der Waals surface area (Å²) in [6.07, 6.45) is 2.92. The first-order valence-corrected chi connectivity index (χ1v) is 13.4. The van der Waals surface area contributed by atoms with Crippen molar-refractivity contribution in [3.63, 3.8) is 0 Å². The van der Waals surface area contributed by atoms with Crippen LogP contribution in [0.4, 0.5) is 10.5 Å². The van der Waals surface area contributed by atoms with Crippen LogP contribution < -0.4 is 15.0 Å². The van der Waals surface area contributed by atoms with Crippen LogP contribution in [0.3, 0.4) is 0 Å². The van der Waals surface area contributed by atoms with E-state index < -0.39 is 18.1 Å². The van der Waals surface area contributed by atoms with Crippen LogP contribution in [0.15, 0.2) is 66.7 Å². The Labute approximate surface area is 223 Å². The molecule has 1 aliphatic carbocycles. The number of carbonyl (C=O) groups excluding carboxylic acids is 1. The van der Waals surface area contributed by atoms with Gasteiger partial charge in [-0.15, -0.1) is 0 Å². The van der Waals surface area contributed by atoms with Gasteiger partial charge in [0.25, 0.3) is 0 Å². The Hall–Kier alpha value is -4.00. The number of anilines is 1. The number of nitrogens with zero attached hydrogens (tertiary/aromatic N) is 1. The average Bonchev–Trinajstić information content (AvgIpc) is 3.26. The molecule has 1 fully saturated rings. The molecule has 1 saturated heterocycles. The Bertz CT molecular complexity index is 1260. The molecule has 198 valence electrons. The van der Waals surface area contributed by atoms with Gasteiger partial charge in [0.15, 0.2) is 0 Å². The number of carbonyl (C=O) groups is 2. The van der Waals surface area contributed by atoms with E-state index in [4.69, 9.17) is 9.47 Å². The highest BCUT2D eigenvalue weighted by Gasteiger charge is 2.30. The van der Waals surface area contributed by atoms with Gasteiger partial charge in [-0.1, -0.05) is 54.6 Å². The number of ether oxygens (including phenoxy) is 2. The largest absolute Gasteiger partial charge is 0.494 e. The summed E-state index contributed by atoms with van der Waals surface area (Å²) in [5.41, 5.74) is 6.29. The minimum absolute atomic E-state index is 0.0924. The van der Waals surface area contributed by atoms with Crippen molar-refractivity contribution < 1.29 is 24.2 Å². The van der Waals surface area contributed by atoms with Gasteiger partial charge >= 0.3 is 12.1 Å². The van der Waals surface area contributed by atoms with Crippen LogP contribution in [0.2, 0.25) is 0 Å². The van der Waals surface area contributed by atoms with E-state index in [1.807, 2.05) is 61.5 Å². The SMILES string of the molecule is CCOc1cc(N2CCCCC2)ccc1CC(NC(=O)OCC1c2ccccc2-c2ccccc21)C(=O)O. The molecule has 1 amide bonds. The molecule has 3 aromatic carbocycles. The molecule has 0 saturated carbocycles. The van der Waals surface area contributed by atoms with Crippen molar-refractivity contribution in [1.82, 2.24) is 5.32 Å². The minimum Gasteiger partial charge on any atom is -0.494 e. The van der Waals surface area contributed by atoms with E-state index in [1.165, 1.54) is 6.42 Å². The normalized spacial score (nSPS) is 15.3. The molecule has 7 nitrogen and oxygen atoms in total. The number of benzene rings is 3. The average molecular weight is 515 g/mol. The summed E-state index contributed by atoms with van der Waals surface area (Å²) in [6.45, 7) is 4.51. The molecule has 1 atom stereocenters. The van der Waals surface area contributed by atoms with Gasteiger partial charge in [-0.05, 0) is 60.1 Å². The molecule has 0 bridgehead atoms. The van der Waals surface area contributed by atoms with Crippen molar-refractivity contribution in [2.24, 2.45) is 0 Å². The molecule has 1 unspecified atom stereocenters. The minimum atomic E-state index is -1.15. The van der Waals surface area contributed by atoms with Crippen molar-refractivity contribution >= 4 is 17.7 Å². The monoisotopic (exact) mass is 514 g/mol. The number of carboxylic acids is 1. The molecule has 0 radical (unpaired) electrons. The number of hydrogen-bond donors (Lipinski definition) is 2. The number of rotatable bonds is 9. The second kappa shape index (κ2) is 11.6. The van der Waals surface area contributed by atoms with E-state index >= 15 is 0 Å². The summed E-state index contributed by atoms with van der Waals surface area (Å²) in [5, 5.41) is 12.4. The predicted molar refractivity (Wildman–Crippen MR) is 147 cm³/mol. The van der Waals surface area contributed by atoms with Gasteiger partial charge in [0.1, 0.15) is 18.4 Å². The van der Waals surface area contributed by atoms with E-state index in [0.717, 1.165) is 59.4 Å². The fourth-order valence-electron chi connectivity index (χ4n) is 5.55. The number of amides is 1. The first-order valence-electron chi connectivity index (χ1n) is 13.4. The fraction of sp³-hybridized carbons (Fsp3) is 0.355. The second-order valence-electron chi connectivity index (χ2n) is 9.84. The van der Waals surface area contributed by atoms with Crippen LogP contribution >= 0.6 is 0 Å². The van der Waals surface area contributed by atoms with Crippen LogP contribution in [-0.4, -0.2) is 49.5 Å². The van der Waals surface area contributed by atoms with E-state index in [9.17, 15) is 14.7 Å². The Kier molecular flexibility index (Phi) is 7.82. The van der Waals surface area contributed by atoms with E-state index in [0.29, 0.717) is 12.4 Å². The molecule has 0 aromatic heterocycles. The first-order chi connectivity index (χ1) is 18.5. The van der Waals surface area contributed by atoms with Gasteiger partial charge in [-0.25, -0.2) is 9.59 Å². The molecule has 0 spiro atoms. The maximum Gasteiger partial charge on any atom is 0.407 e. The van der Waals surface area contributed by atoms with Crippen LogP contribution in [0, 0.1) is 0 Å². The number of nitrogens with one attached hydrogen (secondary N) is 1. The van der Waals surface area contributed by atoms with Crippen LogP contribution in [0.5, 0.6) is 5.75 Å². The summed E-state index contributed by atoms with van der Waals surface area (Å²) < 4.78 is 11.5. The lowest BCUT2D eigenvalue weighted by Crippen LogP contribution is -2.43. The van der Waals surface area contributed by atoms with E-state index in [1.54, 1.807) is 0 Å². The first kappa shape index (κ1) is 25.6. The smallest absolute Gasteiger partial charge is 0.407 e. The topological polar surface area (TPSA) is 88.1 Å². The summed E-state index contributed by atoms with van der Waals surface area (Å²) in [4.78, 5) is 27.2. The van der Waals surface area contributed by atoms with Gasteiger partial charge in [0.05, 0.1) is 6.61 Å². The van der Waals surface area contributed by atoms with Gasteiger partial charge in [0, 0.05) is 37.2 Å². The Morgan fingerprint density at radius 1 is 0.974 bits per heavy atom. The van der Waals surface area contributed by atoms with Gasteiger partial charge in [-0.2, -0.15) is 0 Å². The summed E-state index contributed by atoms with van der Waals surface area (Å²) >= 11 is 0. The third kappa shape index (κ3) is 5.47. The Balaban J connectivity index is 1.26. The van der Waals surface area contributed by atoms with E-state index in [-0.39, 0.29) is 18.9 Å². The molecular formula is C31H34N2O5. The van der Waals surface area contributed by atoms with Gasteiger partial charge < -0.3 is 24.8 Å². The number of fused-ring (bicyclic) bond motifs is 3. The maximum atomic E-state index is 12.8. The van der Waals surface area contributed by atoms with Crippen LogP contribution in [-0.2, 0) is 16.0 Å². The quantitative estimate of drug-likeness (QED) is 0.386. The van der Waals surface area contributed by atoms with Crippen LogP contribution in [0.25, 0.3) is 11.1 Å². The van der Waals surface area contributed by atoms with Gasteiger partial charge in [0.2, 0.25) is 0 Å². The highest BCUT2D eigenvalue weighted by atomic mass is 16.5. The molecule has 2 aliphatic rings. The molecule has 3 aromatic rings. The molecular weight excluding hydrogens is 480 g/mol. The Morgan fingerprint density at radius 2 is 1.63 bits per heavy atom. The summed E-state index contributed by atoms with van der Waals surface area (Å²) in [5.74, 6) is -0.569. The number of aliphatic carboxylic acids is 1. The molecule has 5 rings (SSSR count). The number of piperidine rings is 1. The van der Waals surface area contributed by atoms with Crippen molar-refractivity contribution in [3.8, 4) is 16.9 Å². The standard InChI is InChI=1S/C31H34N2O5/c1-2-37-29-19-22(33-16-8-3-9-17-33)15-14-21(29)18-28(30(34)35)32-31(36)38-20-27-25-12-6-4-10-23(25)24-11-5-7-13-26(24)27/h4-7,10-15,19,27-28H,2-3,8-9,16-18,20H2,1H3,(H,32,36)(H,34,35). The number of carboxylic acid groups (broad SMARTS) is 1. The number of alkyl carbamates (subject to hydrolysis) is 1. The third-order valence-electron chi connectivity index (χ3n) is 7.43. The van der Waals surface area contributed by atoms with Crippen LogP contribution in [0.1, 0.15) is 48.8 Å². The Morgan fingerprint density at radius 3 is 2.26 bits per heavy atom. The maximum absolute atomic E-state index is 12.8. The zero-order chi connectivity index (χ0) is 26.5. The predicted octanol–water partition coefficient (Wildman–Crippen LogP) is 5.61. The van der Waals surface area contributed by atoms with Gasteiger partial charge in [-0.3, -0.25) is 0 Å². The summed E-state index contributed by atoms with van der Waals surface area (Å²) in [6, 6.07) is 20.9. The third-order valence-corrected chi connectivity index (χ3v) is 7.43. The molecule has 38 heavy (non-hydrogen) atoms. The highest BCUT2D eigenvalue weighted by molar-refractivity contribution is 5.81. The lowest BCUT2D eigenvalue weighted by Gasteiger charge is -2.29. The van der Waals surface area contributed by atoms with Crippen molar-refractivity contribution in [2.75, 3.05) is 31.2 Å². The lowest BCUT2D eigenvalue weighted by atomic mass is 9.98. The van der Waals surface area contributed by atoms with Crippen molar-refractivity contribution in [3.05, 3.63) is 83.4 Å². The highest BCUT2D eigenvalue weighted by Crippen LogP contribution is 2.44. The lowest BCUT2D eigenvalue weighted by molar-refractivity contribution is -0.139. The molecule has 7 heteroatoms. The van der Waals surface area contributed by atoms with Crippen molar-refractivity contribution in [1.29, 1.82) is 0 Å². The number of hydrogen-bond acceptors (Lipinski definition) is 5. The zero-order valence-corrected chi connectivity index (χ0v) is 21.7. The van der Waals surface area contributed by atoms with Crippen molar-refractivity contribution in [2.45, 2.75) is 44.6 Å². The zero-order valence-electron chi connectivity index (χ0n) is 21.7. The fourth-order valence-corrected chi connectivity index (χ4v) is 5.55. The molecule has 2 N–H and O–H groups in total. The molecule has 1 aliphatic heterocycles. The second-order valence-corrected chi connectivity index (χ2v) is 9.84. The van der Waals surface area contributed by atoms with E-state index in [2.05, 4.69) is 22.3 Å².